The molecular weight excluding hydrogens is 302 g/mol. The Kier molecular flexibility index (Phi) is 5.60. The van der Waals surface area contributed by atoms with Gasteiger partial charge in [0.15, 0.2) is 11.6 Å². The van der Waals surface area contributed by atoms with Crippen LogP contribution < -0.4 is 0 Å². The molecule has 0 aliphatic heterocycles. The number of aliphatic hydroxyl groups excluding tert-OH is 1. The maximum atomic E-state index is 13.3. The van der Waals surface area contributed by atoms with E-state index >= 15 is 0 Å². The number of halogens is 2. The van der Waals surface area contributed by atoms with Gasteiger partial charge in [-0.3, -0.25) is 9.36 Å². The second kappa shape index (κ2) is 7.46. The van der Waals surface area contributed by atoms with Gasteiger partial charge in [0.2, 0.25) is 5.91 Å². The van der Waals surface area contributed by atoms with Crippen molar-refractivity contribution < 1.29 is 18.7 Å². The average Bonchev–Trinajstić information content (AvgIpc) is 3.04. The van der Waals surface area contributed by atoms with Crippen LogP contribution in [0.3, 0.4) is 0 Å². The first-order valence-electron chi connectivity index (χ1n) is 7.54. The molecule has 1 aromatic carbocycles. The highest BCUT2D eigenvalue weighted by molar-refractivity contribution is 5.81. The molecule has 0 amide bonds. The number of nitrogens with zero attached hydrogens (tertiary/aromatic N) is 2. The molecule has 1 aromatic heterocycles. The minimum absolute atomic E-state index is 0.0996. The van der Waals surface area contributed by atoms with Gasteiger partial charge in [-0.2, -0.15) is 0 Å². The van der Waals surface area contributed by atoms with Gasteiger partial charge in [0.05, 0.1) is 12.0 Å². The molecule has 0 fully saturated rings. The number of carbonyl (C=O) groups is 1. The zero-order valence-electron chi connectivity index (χ0n) is 13.1. The Morgan fingerprint density at radius 1 is 1.30 bits per heavy atom. The molecule has 2 unspecified atom stereocenters. The molecule has 0 aliphatic carbocycles. The van der Waals surface area contributed by atoms with Crippen LogP contribution in [0.4, 0.5) is 8.78 Å². The maximum Gasteiger partial charge on any atom is 0.237 e. The zero-order chi connectivity index (χ0) is 17.0. The number of hydrogen-bond donors (Lipinski definition) is 1. The van der Waals surface area contributed by atoms with E-state index in [0.29, 0.717) is 18.4 Å². The largest absolute Gasteiger partial charge is 0.392 e. The van der Waals surface area contributed by atoms with Crippen molar-refractivity contribution in [2.24, 2.45) is 11.8 Å². The molecule has 124 valence electrons. The first-order chi connectivity index (χ1) is 10.9. The molecule has 1 N–H and O–H groups in total. The summed E-state index contributed by atoms with van der Waals surface area (Å²) in [6.45, 7) is 3.66. The van der Waals surface area contributed by atoms with Crippen molar-refractivity contribution in [2.75, 3.05) is 0 Å². The fourth-order valence-corrected chi connectivity index (χ4v) is 2.50. The van der Waals surface area contributed by atoms with E-state index in [1.54, 1.807) is 0 Å². The van der Waals surface area contributed by atoms with Crippen LogP contribution in [0.1, 0.15) is 30.6 Å². The number of aryl methyl sites for hydroxylation is 1. The van der Waals surface area contributed by atoms with Crippen LogP contribution in [0, 0.1) is 23.5 Å². The molecule has 2 atom stereocenters. The van der Waals surface area contributed by atoms with E-state index in [-0.39, 0.29) is 11.8 Å². The van der Waals surface area contributed by atoms with Gasteiger partial charge in [-0.25, -0.2) is 13.8 Å². The topological polar surface area (TPSA) is 55.1 Å². The quantitative estimate of drug-likeness (QED) is 0.889. The third-order valence-electron chi connectivity index (χ3n) is 3.90. The van der Waals surface area contributed by atoms with Gasteiger partial charge in [-0.05, 0) is 36.5 Å². The van der Waals surface area contributed by atoms with Gasteiger partial charge < -0.3 is 5.11 Å². The van der Waals surface area contributed by atoms with Crippen LogP contribution in [0.2, 0.25) is 0 Å². The van der Waals surface area contributed by atoms with Crippen LogP contribution in [-0.4, -0.2) is 26.7 Å². The number of benzene rings is 1. The fraction of sp³-hybridized carbons (Fsp3) is 0.412. The Morgan fingerprint density at radius 2 is 2.04 bits per heavy atom. The summed E-state index contributed by atoms with van der Waals surface area (Å²) in [5, 5.41) is 10.3. The van der Waals surface area contributed by atoms with Crippen molar-refractivity contribution in [3.8, 4) is 0 Å². The lowest BCUT2D eigenvalue weighted by molar-refractivity contribution is 0.0412. The monoisotopic (exact) mass is 322 g/mol. The summed E-state index contributed by atoms with van der Waals surface area (Å²) in [6.07, 6.45) is 4.29. The Bertz CT molecular complexity index is 657. The Labute approximate surface area is 133 Å². The molecule has 0 aliphatic rings. The van der Waals surface area contributed by atoms with Gasteiger partial charge in [-0.1, -0.05) is 19.9 Å². The van der Waals surface area contributed by atoms with E-state index in [0.717, 1.165) is 12.1 Å². The van der Waals surface area contributed by atoms with E-state index in [9.17, 15) is 18.7 Å². The van der Waals surface area contributed by atoms with Gasteiger partial charge in [0, 0.05) is 12.4 Å². The van der Waals surface area contributed by atoms with Crippen LogP contribution in [0.5, 0.6) is 0 Å². The van der Waals surface area contributed by atoms with E-state index < -0.39 is 23.7 Å². The van der Waals surface area contributed by atoms with Crippen molar-refractivity contribution in [1.29, 1.82) is 0 Å². The summed E-state index contributed by atoms with van der Waals surface area (Å²) in [5.41, 5.74) is 0.586. The molecule has 6 heteroatoms. The smallest absolute Gasteiger partial charge is 0.237 e. The van der Waals surface area contributed by atoms with Crippen molar-refractivity contribution in [2.45, 2.75) is 32.8 Å². The van der Waals surface area contributed by atoms with E-state index in [1.807, 2.05) is 13.8 Å². The van der Waals surface area contributed by atoms with Gasteiger partial charge in [0.25, 0.3) is 0 Å². The normalized spacial score (nSPS) is 14.0. The van der Waals surface area contributed by atoms with E-state index in [4.69, 9.17) is 0 Å². The Morgan fingerprint density at radius 3 is 2.61 bits per heavy atom. The SMILES string of the molecule is CC(C)C(O)C(CCc1ccc(F)c(F)c1)C(=O)n1ccnc1. The summed E-state index contributed by atoms with van der Waals surface area (Å²) in [7, 11) is 0. The highest BCUT2D eigenvalue weighted by Gasteiger charge is 2.29. The lowest BCUT2D eigenvalue weighted by Crippen LogP contribution is -2.35. The molecule has 0 saturated heterocycles. The predicted molar refractivity (Wildman–Crippen MR) is 81.9 cm³/mol. The van der Waals surface area contributed by atoms with Crippen molar-refractivity contribution in [3.63, 3.8) is 0 Å². The summed E-state index contributed by atoms with van der Waals surface area (Å²) in [5.74, 6) is -2.81. The predicted octanol–water partition coefficient (Wildman–Crippen LogP) is 3.07. The van der Waals surface area contributed by atoms with E-state index in [2.05, 4.69) is 4.98 Å². The van der Waals surface area contributed by atoms with Crippen molar-refractivity contribution >= 4 is 5.91 Å². The summed E-state index contributed by atoms with van der Waals surface area (Å²) < 4.78 is 27.6. The highest BCUT2D eigenvalue weighted by atomic mass is 19.2. The second-order valence-electron chi connectivity index (χ2n) is 5.94. The molecule has 4 nitrogen and oxygen atoms in total. The number of aromatic nitrogens is 2. The second-order valence-corrected chi connectivity index (χ2v) is 5.94. The average molecular weight is 322 g/mol. The molecular formula is C17H20F2N2O2. The minimum Gasteiger partial charge on any atom is -0.392 e. The lowest BCUT2D eigenvalue weighted by atomic mass is 9.87. The number of carbonyl (C=O) groups excluding carboxylic acids is 1. The first-order valence-corrected chi connectivity index (χ1v) is 7.54. The summed E-state index contributed by atoms with van der Waals surface area (Å²) >= 11 is 0. The standard InChI is InChI=1S/C17H20F2N2O2/c1-11(2)16(22)13(17(23)21-8-7-20-10-21)5-3-12-4-6-14(18)15(19)9-12/h4,6-11,13,16,22H,3,5H2,1-2H3. The van der Waals surface area contributed by atoms with Crippen molar-refractivity contribution in [3.05, 3.63) is 54.1 Å². The molecule has 0 saturated carbocycles. The van der Waals surface area contributed by atoms with Gasteiger partial charge in [0.1, 0.15) is 6.33 Å². The third kappa shape index (κ3) is 4.22. The van der Waals surface area contributed by atoms with Crippen LogP contribution in [0.25, 0.3) is 0 Å². The molecule has 2 rings (SSSR count). The first kappa shape index (κ1) is 17.3. The molecule has 0 radical (unpaired) electrons. The number of hydrogen-bond acceptors (Lipinski definition) is 3. The molecule has 23 heavy (non-hydrogen) atoms. The summed E-state index contributed by atoms with van der Waals surface area (Å²) in [6, 6.07) is 3.67. The minimum atomic E-state index is -0.913. The van der Waals surface area contributed by atoms with Gasteiger partial charge >= 0.3 is 0 Å². The van der Waals surface area contributed by atoms with Crippen molar-refractivity contribution in [1.82, 2.24) is 9.55 Å². The van der Waals surface area contributed by atoms with Crippen LogP contribution in [-0.2, 0) is 6.42 Å². The maximum absolute atomic E-state index is 13.3. The third-order valence-corrected chi connectivity index (χ3v) is 3.90. The van der Waals surface area contributed by atoms with Gasteiger partial charge in [-0.15, -0.1) is 0 Å². The number of aliphatic hydroxyl groups is 1. The number of imidazole rings is 1. The molecule has 0 spiro atoms. The summed E-state index contributed by atoms with van der Waals surface area (Å²) in [4.78, 5) is 16.4. The lowest BCUT2D eigenvalue weighted by Gasteiger charge is -2.24. The Hall–Kier alpha value is -2.08. The molecule has 1 heterocycles. The Balaban J connectivity index is 2.14. The highest BCUT2D eigenvalue weighted by Crippen LogP contribution is 2.22. The number of rotatable bonds is 6. The molecule has 2 aromatic rings. The fourth-order valence-electron chi connectivity index (χ4n) is 2.50. The zero-order valence-corrected chi connectivity index (χ0v) is 13.1. The molecule has 0 bridgehead atoms. The van der Waals surface area contributed by atoms with E-state index in [1.165, 1.54) is 29.4 Å². The van der Waals surface area contributed by atoms with Crippen LogP contribution in [0.15, 0.2) is 36.9 Å². The van der Waals surface area contributed by atoms with Crippen LogP contribution >= 0.6 is 0 Å².